The van der Waals surface area contributed by atoms with Gasteiger partial charge < -0.3 is 10.2 Å². The number of anilines is 1. The molecule has 0 aromatic carbocycles. The molecule has 1 amide bonds. The van der Waals surface area contributed by atoms with E-state index in [1.54, 1.807) is 17.8 Å². The Hall–Kier alpha value is -3.03. The number of rotatable bonds is 3. The lowest BCUT2D eigenvalue weighted by atomic mass is 9.96. The smallest absolute Gasteiger partial charge is 0.222 e. The Labute approximate surface area is 144 Å². The molecule has 4 heterocycles. The zero-order valence-corrected chi connectivity index (χ0v) is 14.0. The number of aromatic nitrogens is 5. The van der Waals surface area contributed by atoms with Gasteiger partial charge in [-0.1, -0.05) is 6.07 Å². The standard InChI is InChI=1S/C17H19N7O/c1-18-17(25)12-7-10-23(11-8-12)15-6-5-14-20-21-16(24(14)22-15)13-4-2-3-9-19-13/h2-6,9,12H,7-8,10-11H2,1H3,(H,18,25). The Morgan fingerprint density at radius 3 is 2.72 bits per heavy atom. The summed E-state index contributed by atoms with van der Waals surface area (Å²) in [6.45, 7) is 1.61. The zero-order valence-electron chi connectivity index (χ0n) is 14.0. The topological polar surface area (TPSA) is 88.3 Å². The van der Waals surface area contributed by atoms with E-state index in [0.717, 1.165) is 37.4 Å². The molecule has 1 aliphatic heterocycles. The van der Waals surface area contributed by atoms with Crippen LogP contribution in [0.15, 0.2) is 36.5 Å². The van der Waals surface area contributed by atoms with Crippen LogP contribution >= 0.6 is 0 Å². The van der Waals surface area contributed by atoms with E-state index < -0.39 is 0 Å². The first-order chi connectivity index (χ1) is 12.3. The molecule has 3 aromatic rings. The predicted octanol–water partition coefficient (Wildman–Crippen LogP) is 1.15. The molecule has 1 saturated heterocycles. The van der Waals surface area contributed by atoms with Gasteiger partial charge in [0, 0.05) is 32.3 Å². The molecule has 8 nitrogen and oxygen atoms in total. The highest BCUT2D eigenvalue weighted by atomic mass is 16.1. The van der Waals surface area contributed by atoms with Crippen molar-refractivity contribution in [1.82, 2.24) is 30.1 Å². The van der Waals surface area contributed by atoms with Crippen LogP contribution in [0.4, 0.5) is 5.82 Å². The second-order valence-corrected chi connectivity index (χ2v) is 6.08. The number of carbonyl (C=O) groups is 1. The molecule has 128 valence electrons. The lowest BCUT2D eigenvalue weighted by Crippen LogP contribution is -2.40. The molecule has 0 radical (unpaired) electrons. The maximum absolute atomic E-state index is 11.8. The summed E-state index contributed by atoms with van der Waals surface area (Å²) in [5.74, 6) is 1.70. The molecular formula is C17H19N7O. The molecule has 0 unspecified atom stereocenters. The van der Waals surface area contributed by atoms with Gasteiger partial charge in [-0.25, -0.2) is 0 Å². The monoisotopic (exact) mass is 337 g/mol. The Balaban J connectivity index is 1.61. The summed E-state index contributed by atoms with van der Waals surface area (Å²) in [6.07, 6.45) is 3.38. The molecule has 1 N–H and O–H groups in total. The Morgan fingerprint density at radius 1 is 1.16 bits per heavy atom. The quantitative estimate of drug-likeness (QED) is 0.771. The number of nitrogens with zero attached hydrogens (tertiary/aromatic N) is 6. The van der Waals surface area contributed by atoms with E-state index in [2.05, 4.69) is 25.4 Å². The Morgan fingerprint density at radius 2 is 2.00 bits per heavy atom. The van der Waals surface area contributed by atoms with Crippen LogP contribution in [-0.4, -0.2) is 50.8 Å². The minimum Gasteiger partial charge on any atom is -0.359 e. The highest BCUT2D eigenvalue weighted by Gasteiger charge is 2.25. The fraction of sp³-hybridized carbons (Fsp3) is 0.353. The Kier molecular flexibility index (Phi) is 4.01. The predicted molar refractivity (Wildman–Crippen MR) is 93.0 cm³/mol. The summed E-state index contributed by atoms with van der Waals surface area (Å²) >= 11 is 0. The first-order valence-corrected chi connectivity index (χ1v) is 8.36. The average Bonchev–Trinajstić information content (AvgIpc) is 3.11. The number of amides is 1. The van der Waals surface area contributed by atoms with Crippen molar-refractivity contribution in [3.05, 3.63) is 36.5 Å². The third-order valence-electron chi connectivity index (χ3n) is 4.58. The van der Waals surface area contributed by atoms with Crippen molar-refractivity contribution >= 4 is 17.4 Å². The molecule has 1 fully saturated rings. The average molecular weight is 337 g/mol. The van der Waals surface area contributed by atoms with Crippen molar-refractivity contribution in [3.63, 3.8) is 0 Å². The van der Waals surface area contributed by atoms with Gasteiger partial charge in [-0.3, -0.25) is 9.78 Å². The van der Waals surface area contributed by atoms with Gasteiger partial charge >= 0.3 is 0 Å². The summed E-state index contributed by atoms with van der Waals surface area (Å²) in [4.78, 5) is 18.3. The molecule has 3 aromatic heterocycles. The van der Waals surface area contributed by atoms with Crippen LogP contribution in [0.2, 0.25) is 0 Å². The molecule has 0 aliphatic carbocycles. The lowest BCUT2D eigenvalue weighted by Gasteiger charge is -2.31. The van der Waals surface area contributed by atoms with Crippen LogP contribution in [0.3, 0.4) is 0 Å². The summed E-state index contributed by atoms with van der Waals surface area (Å²) in [5.41, 5.74) is 1.42. The molecule has 25 heavy (non-hydrogen) atoms. The molecule has 8 heteroatoms. The second kappa shape index (κ2) is 6.46. The van der Waals surface area contributed by atoms with Crippen LogP contribution in [0, 0.1) is 5.92 Å². The molecule has 1 aliphatic rings. The number of piperidine rings is 1. The summed E-state index contributed by atoms with van der Waals surface area (Å²) in [5, 5.41) is 15.8. The minimum absolute atomic E-state index is 0.0870. The van der Waals surface area contributed by atoms with Crippen molar-refractivity contribution in [2.75, 3.05) is 25.0 Å². The molecule has 0 saturated carbocycles. The molecule has 0 bridgehead atoms. The van der Waals surface area contributed by atoms with E-state index >= 15 is 0 Å². The Bertz CT molecular complexity index is 884. The van der Waals surface area contributed by atoms with Crippen molar-refractivity contribution in [3.8, 4) is 11.5 Å². The molecule has 4 rings (SSSR count). The lowest BCUT2D eigenvalue weighted by molar-refractivity contribution is -0.125. The van der Waals surface area contributed by atoms with E-state index in [1.165, 1.54) is 0 Å². The SMILES string of the molecule is CNC(=O)C1CCN(c2ccc3nnc(-c4ccccn4)n3n2)CC1. The van der Waals surface area contributed by atoms with Crippen LogP contribution in [0.1, 0.15) is 12.8 Å². The van der Waals surface area contributed by atoms with Gasteiger partial charge in [-0.2, -0.15) is 4.52 Å². The first-order valence-electron chi connectivity index (χ1n) is 8.36. The van der Waals surface area contributed by atoms with Crippen LogP contribution < -0.4 is 10.2 Å². The number of hydrogen-bond donors (Lipinski definition) is 1. The van der Waals surface area contributed by atoms with Crippen LogP contribution in [-0.2, 0) is 4.79 Å². The highest BCUT2D eigenvalue weighted by molar-refractivity contribution is 5.78. The number of hydrogen-bond acceptors (Lipinski definition) is 6. The van der Waals surface area contributed by atoms with Gasteiger partial charge in [0.25, 0.3) is 0 Å². The summed E-state index contributed by atoms with van der Waals surface area (Å²) in [6, 6.07) is 9.53. The minimum atomic E-state index is 0.0870. The molecular weight excluding hydrogens is 318 g/mol. The zero-order chi connectivity index (χ0) is 17.2. The van der Waals surface area contributed by atoms with Crippen molar-refractivity contribution in [1.29, 1.82) is 0 Å². The number of nitrogens with one attached hydrogen (secondary N) is 1. The number of pyridine rings is 1. The van der Waals surface area contributed by atoms with Crippen LogP contribution in [0.5, 0.6) is 0 Å². The van der Waals surface area contributed by atoms with Crippen molar-refractivity contribution < 1.29 is 4.79 Å². The van der Waals surface area contributed by atoms with E-state index in [9.17, 15) is 4.79 Å². The fourth-order valence-electron chi connectivity index (χ4n) is 3.18. The van der Waals surface area contributed by atoms with E-state index in [1.807, 2.05) is 30.3 Å². The number of fused-ring (bicyclic) bond motifs is 1. The maximum atomic E-state index is 11.8. The fourth-order valence-corrected chi connectivity index (χ4v) is 3.18. The summed E-state index contributed by atoms with van der Waals surface area (Å²) in [7, 11) is 1.69. The molecule has 0 atom stereocenters. The van der Waals surface area contributed by atoms with Gasteiger partial charge in [-0.15, -0.1) is 15.3 Å². The highest BCUT2D eigenvalue weighted by Crippen LogP contribution is 2.23. The normalized spacial score (nSPS) is 15.5. The van der Waals surface area contributed by atoms with Gasteiger partial charge in [-0.05, 0) is 37.1 Å². The molecule has 0 spiro atoms. The third-order valence-corrected chi connectivity index (χ3v) is 4.58. The van der Waals surface area contributed by atoms with Gasteiger partial charge in [0.05, 0.1) is 0 Å². The largest absolute Gasteiger partial charge is 0.359 e. The second-order valence-electron chi connectivity index (χ2n) is 6.08. The maximum Gasteiger partial charge on any atom is 0.222 e. The van der Waals surface area contributed by atoms with Crippen molar-refractivity contribution in [2.45, 2.75) is 12.8 Å². The van der Waals surface area contributed by atoms with E-state index in [-0.39, 0.29) is 11.8 Å². The van der Waals surface area contributed by atoms with Gasteiger partial charge in [0.15, 0.2) is 5.65 Å². The third kappa shape index (κ3) is 2.90. The van der Waals surface area contributed by atoms with Gasteiger partial charge in [0.1, 0.15) is 11.5 Å². The van der Waals surface area contributed by atoms with Crippen molar-refractivity contribution in [2.24, 2.45) is 5.92 Å². The van der Waals surface area contributed by atoms with E-state index in [4.69, 9.17) is 5.10 Å². The van der Waals surface area contributed by atoms with Gasteiger partial charge in [0.2, 0.25) is 11.7 Å². The first kappa shape index (κ1) is 15.5. The van der Waals surface area contributed by atoms with E-state index in [0.29, 0.717) is 11.5 Å². The summed E-state index contributed by atoms with van der Waals surface area (Å²) < 4.78 is 1.72. The number of carbonyl (C=O) groups excluding carboxylic acids is 1. The van der Waals surface area contributed by atoms with Crippen LogP contribution in [0.25, 0.3) is 17.2 Å².